The zero-order valence-electron chi connectivity index (χ0n) is 16.4. The molecule has 0 bridgehead atoms. The van der Waals surface area contributed by atoms with Gasteiger partial charge in [0.1, 0.15) is 0 Å². The predicted octanol–water partition coefficient (Wildman–Crippen LogP) is 2.38. The monoisotopic (exact) mass is 413 g/mol. The summed E-state index contributed by atoms with van der Waals surface area (Å²) in [4.78, 5) is 15.2. The number of amides is 1. The van der Waals surface area contributed by atoms with E-state index in [0.29, 0.717) is 18.0 Å². The number of hydrogen-bond donors (Lipinski definition) is 2. The van der Waals surface area contributed by atoms with Crippen molar-refractivity contribution in [2.24, 2.45) is 5.92 Å². The van der Waals surface area contributed by atoms with Crippen molar-refractivity contribution in [3.63, 3.8) is 0 Å². The van der Waals surface area contributed by atoms with E-state index in [-0.39, 0.29) is 17.3 Å². The number of nitrogens with one attached hydrogen (secondary N) is 2. The van der Waals surface area contributed by atoms with Crippen LogP contribution in [-0.4, -0.2) is 44.9 Å². The third-order valence-corrected chi connectivity index (χ3v) is 7.05. The highest BCUT2D eigenvalue weighted by atomic mass is 32.2. The maximum Gasteiger partial charge on any atom is 0.251 e. The minimum atomic E-state index is -3.69. The first-order valence-electron chi connectivity index (χ1n) is 10.2. The van der Waals surface area contributed by atoms with Gasteiger partial charge in [-0.15, -0.1) is 0 Å². The molecule has 2 fully saturated rings. The molecule has 1 atom stereocenters. The third-order valence-electron chi connectivity index (χ3n) is 5.65. The first-order chi connectivity index (χ1) is 14.0. The Morgan fingerprint density at radius 2 is 1.83 bits per heavy atom. The summed E-state index contributed by atoms with van der Waals surface area (Å²) < 4.78 is 27.8. The molecule has 1 unspecified atom stereocenters. The number of nitrogens with zero attached hydrogens (tertiary/aromatic N) is 1. The Hall–Kier alpha value is -2.22. The standard InChI is InChI=1S/C22H27N3O3S/c26-22(23-14-18-11-12-25(16-18)20-9-10-20)19-7-4-8-21(13-19)29(27,28)24-15-17-5-2-1-3-6-17/h1-8,13,18,20,24H,9-12,14-16H2,(H,23,26). The van der Waals surface area contributed by atoms with Crippen molar-refractivity contribution in [3.05, 3.63) is 65.7 Å². The van der Waals surface area contributed by atoms with Gasteiger partial charge in [0.05, 0.1) is 4.90 Å². The second-order valence-corrected chi connectivity index (χ2v) is 9.70. The van der Waals surface area contributed by atoms with E-state index in [1.54, 1.807) is 12.1 Å². The molecule has 1 heterocycles. The van der Waals surface area contributed by atoms with Gasteiger partial charge in [-0.25, -0.2) is 13.1 Å². The van der Waals surface area contributed by atoms with Gasteiger partial charge in [0.25, 0.3) is 5.91 Å². The quantitative estimate of drug-likeness (QED) is 0.697. The lowest BCUT2D eigenvalue weighted by Crippen LogP contribution is -2.31. The van der Waals surface area contributed by atoms with E-state index < -0.39 is 10.0 Å². The minimum absolute atomic E-state index is 0.0989. The average molecular weight is 414 g/mol. The third kappa shape index (κ3) is 5.23. The van der Waals surface area contributed by atoms with Crippen LogP contribution in [0.15, 0.2) is 59.5 Å². The highest BCUT2D eigenvalue weighted by Gasteiger charge is 2.34. The van der Waals surface area contributed by atoms with Crippen molar-refractivity contribution in [3.8, 4) is 0 Å². The molecule has 7 heteroatoms. The van der Waals surface area contributed by atoms with Crippen LogP contribution < -0.4 is 10.0 Å². The van der Waals surface area contributed by atoms with Crippen LogP contribution in [0.4, 0.5) is 0 Å². The SMILES string of the molecule is O=C(NCC1CCN(C2CC2)C1)c1cccc(S(=O)(=O)NCc2ccccc2)c1. The van der Waals surface area contributed by atoms with Crippen LogP contribution in [0.3, 0.4) is 0 Å². The predicted molar refractivity (Wildman–Crippen MR) is 112 cm³/mol. The van der Waals surface area contributed by atoms with E-state index in [1.165, 1.54) is 25.0 Å². The fourth-order valence-corrected chi connectivity index (χ4v) is 4.86. The Balaban J connectivity index is 1.34. The molecule has 2 aromatic carbocycles. The summed E-state index contributed by atoms with van der Waals surface area (Å²) in [5.41, 5.74) is 1.24. The Morgan fingerprint density at radius 3 is 2.59 bits per heavy atom. The van der Waals surface area contributed by atoms with Crippen LogP contribution in [0.2, 0.25) is 0 Å². The number of rotatable bonds is 8. The molecule has 0 aromatic heterocycles. The molecule has 6 nitrogen and oxygen atoms in total. The van der Waals surface area contributed by atoms with Crippen LogP contribution >= 0.6 is 0 Å². The Kier molecular flexibility index (Phi) is 5.99. The largest absolute Gasteiger partial charge is 0.352 e. The number of sulfonamides is 1. The molecule has 1 aliphatic heterocycles. The molecule has 0 spiro atoms. The number of likely N-dealkylation sites (tertiary alicyclic amines) is 1. The maximum atomic E-state index is 12.6. The first-order valence-corrected chi connectivity index (χ1v) is 11.7. The molecule has 2 aliphatic rings. The molecule has 1 saturated carbocycles. The highest BCUT2D eigenvalue weighted by Crippen LogP contribution is 2.31. The van der Waals surface area contributed by atoms with E-state index in [0.717, 1.165) is 31.1 Å². The number of carbonyl (C=O) groups is 1. The molecule has 1 aliphatic carbocycles. The fraction of sp³-hybridized carbons (Fsp3) is 0.409. The van der Waals surface area contributed by atoms with Crippen LogP contribution in [0.5, 0.6) is 0 Å². The molecule has 154 valence electrons. The Morgan fingerprint density at radius 1 is 1.03 bits per heavy atom. The van der Waals surface area contributed by atoms with Gasteiger partial charge in [-0.3, -0.25) is 4.79 Å². The van der Waals surface area contributed by atoms with Crippen molar-refractivity contribution in [2.75, 3.05) is 19.6 Å². The Bertz CT molecular complexity index is 958. The van der Waals surface area contributed by atoms with Crippen LogP contribution in [-0.2, 0) is 16.6 Å². The lowest BCUT2D eigenvalue weighted by Gasteiger charge is -2.15. The molecule has 2 N–H and O–H groups in total. The Labute approximate surface area is 172 Å². The van der Waals surface area contributed by atoms with Gasteiger partial charge in [0.2, 0.25) is 10.0 Å². The molecule has 1 amide bonds. The van der Waals surface area contributed by atoms with Gasteiger partial charge >= 0.3 is 0 Å². The van der Waals surface area contributed by atoms with Crippen molar-refractivity contribution < 1.29 is 13.2 Å². The van der Waals surface area contributed by atoms with Gasteiger partial charge < -0.3 is 10.2 Å². The number of benzene rings is 2. The molecule has 0 radical (unpaired) electrons. The lowest BCUT2D eigenvalue weighted by molar-refractivity contribution is 0.0947. The molecule has 2 aromatic rings. The summed E-state index contributed by atoms with van der Waals surface area (Å²) in [5.74, 6) is 0.244. The van der Waals surface area contributed by atoms with E-state index in [4.69, 9.17) is 0 Å². The summed E-state index contributed by atoms with van der Waals surface area (Å²) in [5, 5.41) is 2.98. The second-order valence-electron chi connectivity index (χ2n) is 7.93. The van der Waals surface area contributed by atoms with Gasteiger partial charge in [0.15, 0.2) is 0 Å². The normalized spacial score (nSPS) is 19.9. The zero-order chi connectivity index (χ0) is 20.3. The second kappa shape index (κ2) is 8.65. The topological polar surface area (TPSA) is 78.5 Å². The molecular formula is C22H27N3O3S. The summed E-state index contributed by atoms with van der Waals surface area (Å²) >= 11 is 0. The number of hydrogen-bond acceptors (Lipinski definition) is 4. The summed E-state index contributed by atoms with van der Waals surface area (Å²) in [6.07, 6.45) is 3.71. The lowest BCUT2D eigenvalue weighted by atomic mass is 10.1. The molecule has 29 heavy (non-hydrogen) atoms. The highest BCUT2D eigenvalue weighted by molar-refractivity contribution is 7.89. The summed E-state index contributed by atoms with van der Waals surface area (Å²) in [6.45, 7) is 3.00. The van der Waals surface area contributed by atoms with E-state index in [1.807, 2.05) is 30.3 Å². The first kappa shape index (κ1) is 20.1. The zero-order valence-corrected chi connectivity index (χ0v) is 17.2. The summed E-state index contributed by atoms with van der Waals surface area (Å²) in [7, 11) is -3.69. The smallest absolute Gasteiger partial charge is 0.251 e. The fourth-order valence-electron chi connectivity index (χ4n) is 3.80. The van der Waals surface area contributed by atoms with Crippen LogP contribution in [0.1, 0.15) is 35.2 Å². The maximum absolute atomic E-state index is 12.6. The van der Waals surface area contributed by atoms with Gasteiger partial charge in [-0.1, -0.05) is 36.4 Å². The van der Waals surface area contributed by atoms with E-state index in [2.05, 4.69) is 14.9 Å². The summed E-state index contributed by atoms with van der Waals surface area (Å²) in [6, 6.07) is 16.3. The average Bonchev–Trinajstić information content (AvgIpc) is 3.49. The van der Waals surface area contributed by atoms with Crippen LogP contribution in [0.25, 0.3) is 0 Å². The van der Waals surface area contributed by atoms with Crippen molar-refractivity contribution in [2.45, 2.75) is 36.7 Å². The molecular weight excluding hydrogens is 386 g/mol. The van der Waals surface area contributed by atoms with E-state index >= 15 is 0 Å². The van der Waals surface area contributed by atoms with Crippen molar-refractivity contribution >= 4 is 15.9 Å². The number of carbonyl (C=O) groups excluding carboxylic acids is 1. The van der Waals surface area contributed by atoms with E-state index in [9.17, 15) is 13.2 Å². The van der Waals surface area contributed by atoms with Crippen LogP contribution in [0, 0.1) is 5.92 Å². The van der Waals surface area contributed by atoms with Gasteiger partial charge in [0, 0.05) is 31.2 Å². The minimum Gasteiger partial charge on any atom is -0.352 e. The molecule has 1 saturated heterocycles. The van der Waals surface area contributed by atoms with Gasteiger partial charge in [-0.2, -0.15) is 0 Å². The van der Waals surface area contributed by atoms with Crippen molar-refractivity contribution in [1.82, 2.24) is 14.9 Å². The molecule has 4 rings (SSSR count). The van der Waals surface area contributed by atoms with Gasteiger partial charge in [-0.05, 0) is 55.5 Å². The van der Waals surface area contributed by atoms with Crippen molar-refractivity contribution in [1.29, 1.82) is 0 Å².